The molecule has 1 aliphatic carbocycles. The van der Waals surface area contributed by atoms with E-state index in [0.717, 1.165) is 50.6 Å². The zero-order chi connectivity index (χ0) is 14.9. The zero-order valence-electron chi connectivity index (χ0n) is 12.6. The highest BCUT2D eigenvalue weighted by Gasteiger charge is 2.48. The van der Waals surface area contributed by atoms with Crippen molar-refractivity contribution in [3.05, 3.63) is 29.3 Å². The van der Waals surface area contributed by atoms with Gasteiger partial charge in [0.1, 0.15) is 0 Å². The molecule has 2 aliphatic rings. The number of nitrogens with two attached hydrogens (primary N) is 1. The number of ether oxygens (including phenoxy) is 1. The van der Waals surface area contributed by atoms with Crippen molar-refractivity contribution in [3.8, 4) is 0 Å². The van der Waals surface area contributed by atoms with Crippen LogP contribution in [0.5, 0.6) is 0 Å². The summed E-state index contributed by atoms with van der Waals surface area (Å²) in [5.41, 5.74) is 7.44. The molecule has 1 aromatic carbocycles. The van der Waals surface area contributed by atoms with E-state index in [1.54, 1.807) is 7.11 Å². The second-order valence-electron chi connectivity index (χ2n) is 6.15. The molecule has 1 aliphatic heterocycles. The van der Waals surface area contributed by atoms with Crippen LogP contribution in [-0.2, 0) is 4.74 Å². The number of hydrogen-bond acceptors (Lipinski definition) is 4. The molecule has 1 saturated heterocycles. The smallest absolute Gasteiger partial charge is 0.0607 e. The minimum Gasteiger partial charge on any atom is -0.381 e. The monoisotopic (exact) mass is 309 g/mol. The summed E-state index contributed by atoms with van der Waals surface area (Å²) in [6, 6.07) is 8.11. The van der Waals surface area contributed by atoms with E-state index in [4.69, 9.17) is 22.1 Å². The molecule has 0 unspecified atom stereocenters. The van der Waals surface area contributed by atoms with Gasteiger partial charge >= 0.3 is 0 Å². The third kappa shape index (κ3) is 2.90. The molecule has 0 spiro atoms. The van der Waals surface area contributed by atoms with Crippen LogP contribution in [-0.4, -0.2) is 56.4 Å². The molecular formula is C16H24ClN3O. The van der Waals surface area contributed by atoms with Gasteiger partial charge in [0.15, 0.2) is 0 Å². The van der Waals surface area contributed by atoms with Crippen molar-refractivity contribution < 1.29 is 4.74 Å². The van der Waals surface area contributed by atoms with E-state index in [9.17, 15) is 0 Å². The lowest BCUT2D eigenvalue weighted by Gasteiger charge is -2.55. The first-order chi connectivity index (χ1) is 10.2. The number of anilines is 1. The molecule has 2 N–H and O–H groups in total. The predicted molar refractivity (Wildman–Crippen MR) is 87.1 cm³/mol. The van der Waals surface area contributed by atoms with Crippen molar-refractivity contribution >= 4 is 17.3 Å². The van der Waals surface area contributed by atoms with Gasteiger partial charge < -0.3 is 15.4 Å². The fourth-order valence-corrected chi connectivity index (χ4v) is 3.80. The van der Waals surface area contributed by atoms with Gasteiger partial charge in [-0.3, -0.25) is 4.90 Å². The lowest BCUT2D eigenvalue weighted by molar-refractivity contribution is -0.0885. The van der Waals surface area contributed by atoms with Crippen molar-refractivity contribution in [1.82, 2.24) is 4.90 Å². The molecule has 0 bridgehead atoms. The first-order valence-corrected chi connectivity index (χ1v) is 8.03. The molecular weight excluding hydrogens is 286 g/mol. The molecule has 1 saturated carbocycles. The predicted octanol–water partition coefficient (Wildman–Crippen LogP) is 1.97. The minimum absolute atomic E-state index is 0.168. The standard InChI is InChI=1S/C16H24ClN3O/c1-21-15-10-16(11-15,12-18)20-7-5-19(6-8-20)14-4-2-3-13(17)9-14/h2-4,9,15H,5-8,10-12,18H2,1H3. The maximum absolute atomic E-state index is 6.08. The van der Waals surface area contributed by atoms with Gasteiger partial charge in [0, 0.05) is 56.1 Å². The maximum atomic E-state index is 6.08. The molecule has 21 heavy (non-hydrogen) atoms. The van der Waals surface area contributed by atoms with Gasteiger partial charge in [-0.05, 0) is 31.0 Å². The maximum Gasteiger partial charge on any atom is 0.0607 e. The second kappa shape index (κ2) is 6.13. The average Bonchev–Trinajstić information content (AvgIpc) is 2.48. The van der Waals surface area contributed by atoms with Gasteiger partial charge in [-0.15, -0.1) is 0 Å². The number of halogens is 1. The number of hydrogen-bond donors (Lipinski definition) is 1. The van der Waals surface area contributed by atoms with E-state index < -0.39 is 0 Å². The highest BCUT2D eigenvalue weighted by molar-refractivity contribution is 6.30. The summed E-state index contributed by atoms with van der Waals surface area (Å²) < 4.78 is 5.43. The fourth-order valence-electron chi connectivity index (χ4n) is 3.62. The van der Waals surface area contributed by atoms with Gasteiger partial charge in [-0.1, -0.05) is 17.7 Å². The zero-order valence-corrected chi connectivity index (χ0v) is 13.4. The topological polar surface area (TPSA) is 41.7 Å². The third-order valence-corrected chi connectivity index (χ3v) is 5.29. The van der Waals surface area contributed by atoms with Crippen molar-refractivity contribution in [3.63, 3.8) is 0 Å². The van der Waals surface area contributed by atoms with Crippen LogP contribution in [0.3, 0.4) is 0 Å². The summed E-state index contributed by atoms with van der Waals surface area (Å²) in [6.45, 7) is 4.89. The number of nitrogens with zero attached hydrogens (tertiary/aromatic N) is 2. The molecule has 3 rings (SSSR count). The Kier molecular flexibility index (Phi) is 4.41. The number of rotatable bonds is 4. The Morgan fingerprint density at radius 2 is 2.00 bits per heavy atom. The van der Waals surface area contributed by atoms with Gasteiger partial charge in [-0.2, -0.15) is 0 Å². The van der Waals surface area contributed by atoms with Crippen molar-refractivity contribution in [2.24, 2.45) is 5.73 Å². The lowest BCUT2D eigenvalue weighted by atomic mass is 9.72. The summed E-state index contributed by atoms with van der Waals surface area (Å²) in [6.07, 6.45) is 2.52. The van der Waals surface area contributed by atoms with Crippen LogP contribution in [0.4, 0.5) is 5.69 Å². The van der Waals surface area contributed by atoms with E-state index in [1.807, 2.05) is 18.2 Å². The van der Waals surface area contributed by atoms with Gasteiger partial charge in [0.05, 0.1) is 6.10 Å². The lowest BCUT2D eigenvalue weighted by Crippen LogP contribution is -2.67. The van der Waals surface area contributed by atoms with Gasteiger partial charge in [0.2, 0.25) is 0 Å². The van der Waals surface area contributed by atoms with Crippen LogP contribution in [0, 0.1) is 0 Å². The molecule has 5 heteroatoms. The first-order valence-electron chi connectivity index (χ1n) is 7.65. The van der Waals surface area contributed by atoms with E-state index in [1.165, 1.54) is 5.69 Å². The van der Waals surface area contributed by atoms with Crippen LogP contribution >= 0.6 is 11.6 Å². The second-order valence-corrected chi connectivity index (χ2v) is 6.58. The van der Waals surface area contributed by atoms with E-state index in [2.05, 4.69) is 15.9 Å². The van der Waals surface area contributed by atoms with E-state index in [0.29, 0.717) is 6.10 Å². The van der Waals surface area contributed by atoms with Crippen LogP contribution < -0.4 is 10.6 Å². The first kappa shape index (κ1) is 15.1. The molecule has 2 fully saturated rings. The fraction of sp³-hybridized carbons (Fsp3) is 0.625. The highest BCUT2D eigenvalue weighted by Crippen LogP contribution is 2.39. The number of methoxy groups -OCH3 is 1. The summed E-state index contributed by atoms with van der Waals surface area (Å²) in [4.78, 5) is 4.96. The van der Waals surface area contributed by atoms with Crippen molar-refractivity contribution in [2.45, 2.75) is 24.5 Å². The molecule has 4 nitrogen and oxygen atoms in total. The van der Waals surface area contributed by atoms with E-state index >= 15 is 0 Å². The summed E-state index contributed by atoms with van der Waals surface area (Å²) >= 11 is 6.08. The summed E-state index contributed by atoms with van der Waals surface area (Å²) in [7, 11) is 1.79. The molecule has 0 atom stereocenters. The Morgan fingerprint density at radius 3 is 2.57 bits per heavy atom. The SMILES string of the molecule is COC1CC(CN)(N2CCN(c3cccc(Cl)c3)CC2)C1. The largest absolute Gasteiger partial charge is 0.381 e. The van der Waals surface area contributed by atoms with Crippen molar-refractivity contribution in [2.75, 3.05) is 44.7 Å². The summed E-state index contributed by atoms with van der Waals surface area (Å²) in [5, 5.41) is 0.801. The van der Waals surface area contributed by atoms with Gasteiger partial charge in [-0.25, -0.2) is 0 Å². The number of benzene rings is 1. The molecule has 1 heterocycles. The molecule has 1 aromatic rings. The Bertz CT molecular complexity index is 482. The van der Waals surface area contributed by atoms with Crippen LogP contribution in [0.15, 0.2) is 24.3 Å². The molecule has 0 radical (unpaired) electrons. The van der Waals surface area contributed by atoms with Crippen molar-refractivity contribution in [1.29, 1.82) is 0 Å². The van der Waals surface area contributed by atoms with Crippen LogP contribution in [0.2, 0.25) is 5.02 Å². The molecule has 0 amide bonds. The normalized spacial score (nSPS) is 30.2. The quantitative estimate of drug-likeness (QED) is 0.923. The Morgan fingerprint density at radius 1 is 1.29 bits per heavy atom. The van der Waals surface area contributed by atoms with E-state index in [-0.39, 0.29) is 5.54 Å². The molecule has 116 valence electrons. The van der Waals surface area contributed by atoms with Gasteiger partial charge in [0.25, 0.3) is 0 Å². The Labute approximate surface area is 131 Å². The molecule has 0 aromatic heterocycles. The number of piperazine rings is 1. The Hall–Kier alpha value is -0.810. The third-order valence-electron chi connectivity index (χ3n) is 5.05. The Balaban J connectivity index is 1.60. The minimum atomic E-state index is 0.168. The summed E-state index contributed by atoms with van der Waals surface area (Å²) in [5.74, 6) is 0. The van der Waals surface area contributed by atoms with Crippen LogP contribution in [0.1, 0.15) is 12.8 Å². The van der Waals surface area contributed by atoms with Crippen LogP contribution in [0.25, 0.3) is 0 Å². The average molecular weight is 310 g/mol. The highest BCUT2D eigenvalue weighted by atomic mass is 35.5.